The first kappa shape index (κ1) is 14.8. The number of nitrogens with zero attached hydrogens (tertiary/aromatic N) is 3. The molecule has 2 aliphatic rings. The van der Waals surface area contributed by atoms with Crippen LogP contribution in [0.5, 0.6) is 0 Å². The average molecular weight is 333 g/mol. The average Bonchev–Trinajstić information content (AvgIpc) is 3.05. The first-order valence-electron chi connectivity index (χ1n) is 7.88. The van der Waals surface area contributed by atoms with Gasteiger partial charge in [0.1, 0.15) is 6.04 Å². The van der Waals surface area contributed by atoms with Crippen LogP contribution in [0.15, 0.2) is 16.5 Å². The van der Waals surface area contributed by atoms with E-state index in [1.165, 1.54) is 9.75 Å². The van der Waals surface area contributed by atoms with E-state index in [4.69, 9.17) is 9.15 Å². The largest absolute Gasteiger partial charge is 0.423 e. The third-order valence-electron chi connectivity index (χ3n) is 4.47. The Hall–Kier alpha value is -1.73. The number of hydrogen-bond acceptors (Lipinski definition) is 6. The summed E-state index contributed by atoms with van der Waals surface area (Å²) >= 11 is 1.79. The maximum Gasteiger partial charge on any atom is 0.241 e. The van der Waals surface area contributed by atoms with Crippen LogP contribution in [-0.4, -0.2) is 40.8 Å². The zero-order chi connectivity index (χ0) is 16.0. The van der Waals surface area contributed by atoms with Gasteiger partial charge in [0.05, 0.1) is 13.2 Å². The second-order valence-corrected chi connectivity index (χ2v) is 7.50. The summed E-state index contributed by atoms with van der Waals surface area (Å²) in [5.41, 5.74) is 0. The maximum absolute atomic E-state index is 12.9. The van der Waals surface area contributed by atoms with Gasteiger partial charge in [-0.05, 0) is 25.5 Å². The molecular weight excluding hydrogens is 314 g/mol. The van der Waals surface area contributed by atoms with Crippen molar-refractivity contribution in [3.8, 4) is 0 Å². The van der Waals surface area contributed by atoms with Gasteiger partial charge in [-0.15, -0.1) is 21.5 Å². The molecule has 1 amide bonds. The van der Waals surface area contributed by atoms with Gasteiger partial charge in [0.2, 0.25) is 17.7 Å². The van der Waals surface area contributed by atoms with Gasteiger partial charge < -0.3 is 14.1 Å². The minimum atomic E-state index is -0.260. The van der Waals surface area contributed by atoms with E-state index in [1.54, 1.807) is 18.3 Å². The number of carbonyl (C=O) groups excluding carboxylic acids is 1. The highest BCUT2D eigenvalue weighted by Gasteiger charge is 2.48. The van der Waals surface area contributed by atoms with E-state index in [2.05, 4.69) is 29.3 Å². The van der Waals surface area contributed by atoms with Crippen molar-refractivity contribution in [1.29, 1.82) is 0 Å². The predicted octanol–water partition coefficient (Wildman–Crippen LogP) is 2.45. The first-order valence-corrected chi connectivity index (χ1v) is 8.69. The molecule has 0 unspecified atom stereocenters. The Morgan fingerprint density at radius 1 is 1.35 bits per heavy atom. The van der Waals surface area contributed by atoms with Crippen LogP contribution in [0.25, 0.3) is 0 Å². The number of rotatable bonds is 3. The fraction of sp³-hybridized carbons (Fsp3) is 0.562. The van der Waals surface area contributed by atoms with E-state index in [0.29, 0.717) is 37.5 Å². The molecule has 1 saturated carbocycles. The van der Waals surface area contributed by atoms with Gasteiger partial charge in [-0.3, -0.25) is 4.79 Å². The molecule has 0 radical (unpaired) electrons. The van der Waals surface area contributed by atoms with Gasteiger partial charge in [-0.2, -0.15) is 0 Å². The van der Waals surface area contributed by atoms with E-state index < -0.39 is 0 Å². The number of aromatic nitrogens is 2. The monoisotopic (exact) mass is 333 g/mol. The molecule has 7 heteroatoms. The SMILES string of the molecule is Cc1nnc([C@@H]2COCCN2C(=O)[C@H]2C[C@H]2c2ccc(C)s2)o1. The van der Waals surface area contributed by atoms with Crippen LogP contribution in [0.3, 0.4) is 0 Å². The van der Waals surface area contributed by atoms with Crippen LogP contribution in [0.1, 0.15) is 39.9 Å². The molecule has 2 aromatic heterocycles. The minimum absolute atomic E-state index is 0.0812. The number of ether oxygens (including phenoxy) is 1. The smallest absolute Gasteiger partial charge is 0.241 e. The number of aryl methyl sites for hydroxylation is 2. The zero-order valence-electron chi connectivity index (χ0n) is 13.2. The molecule has 3 atom stereocenters. The highest BCUT2D eigenvalue weighted by atomic mass is 32.1. The van der Waals surface area contributed by atoms with Crippen LogP contribution in [0.2, 0.25) is 0 Å². The van der Waals surface area contributed by atoms with E-state index in [-0.39, 0.29) is 17.9 Å². The summed E-state index contributed by atoms with van der Waals surface area (Å²) in [4.78, 5) is 17.4. The van der Waals surface area contributed by atoms with Crippen LogP contribution in [0, 0.1) is 19.8 Å². The fourth-order valence-corrected chi connectivity index (χ4v) is 4.22. The molecule has 122 valence electrons. The Bertz CT molecular complexity index is 726. The fourth-order valence-electron chi connectivity index (χ4n) is 3.17. The van der Waals surface area contributed by atoms with Gasteiger partial charge in [0, 0.05) is 35.1 Å². The van der Waals surface area contributed by atoms with Crippen LogP contribution < -0.4 is 0 Å². The number of thiophene rings is 1. The Balaban J connectivity index is 1.50. The van der Waals surface area contributed by atoms with Gasteiger partial charge in [-0.25, -0.2) is 0 Å². The number of carbonyl (C=O) groups is 1. The maximum atomic E-state index is 12.9. The van der Waals surface area contributed by atoms with Crippen molar-refractivity contribution in [1.82, 2.24) is 15.1 Å². The second kappa shape index (κ2) is 5.72. The van der Waals surface area contributed by atoms with Gasteiger partial charge in [-0.1, -0.05) is 0 Å². The van der Waals surface area contributed by atoms with Crippen molar-refractivity contribution >= 4 is 17.2 Å². The van der Waals surface area contributed by atoms with Gasteiger partial charge in [0.15, 0.2) is 0 Å². The molecule has 0 N–H and O–H groups in total. The number of amides is 1. The Labute approximate surface area is 138 Å². The van der Waals surface area contributed by atoms with Gasteiger partial charge in [0.25, 0.3) is 0 Å². The topological polar surface area (TPSA) is 68.5 Å². The highest BCUT2D eigenvalue weighted by molar-refractivity contribution is 7.12. The normalized spacial score (nSPS) is 27.2. The van der Waals surface area contributed by atoms with Crippen LogP contribution in [0.4, 0.5) is 0 Å². The lowest BCUT2D eigenvalue weighted by molar-refractivity contribution is -0.142. The van der Waals surface area contributed by atoms with Crippen molar-refractivity contribution < 1.29 is 13.9 Å². The van der Waals surface area contributed by atoms with Crippen molar-refractivity contribution in [2.45, 2.75) is 32.2 Å². The molecule has 0 aromatic carbocycles. The first-order chi connectivity index (χ1) is 11.1. The molecule has 2 aromatic rings. The van der Waals surface area contributed by atoms with Crippen molar-refractivity contribution in [2.24, 2.45) is 5.92 Å². The molecule has 1 aliphatic carbocycles. The summed E-state index contributed by atoms with van der Waals surface area (Å²) in [5.74, 6) is 1.62. The summed E-state index contributed by atoms with van der Waals surface area (Å²) in [6.45, 7) is 5.41. The van der Waals surface area contributed by atoms with Crippen molar-refractivity contribution in [3.63, 3.8) is 0 Å². The second-order valence-electron chi connectivity index (χ2n) is 6.18. The Kier molecular flexibility index (Phi) is 3.69. The Morgan fingerprint density at radius 3 is 2.91 bits per heavy atom. The van der Waals surface area contributed by atoms with E-state index in [9.17, 15) is 4.79 Å². The van der Waals surface area contributed by atoms with Gasteiger partial charge >= 0.3 is 0 Å². The molecule has 2 fully saturated rings. The molecule has 3 heterocycles. The number of morpholine rings is 1. The standard InChI is InChI=1S/C16H19N3O3S/c1-9-3-4-14(23-9)11-7-12(11)16(20)19-5-6-21-8-13(19)15-18-17-10(2)22-15/h3-4,11-13H,5-8H2,1-2H3/t11-,12+,13+/m1/s1. The molecule has 23 heavy (non-hydrogen) atoms. The third kappa shape index (κ3) is 2.79. The van der Waals surface area contributed by atoms with Crippen molar-refractivity contribution in [2.75, 3.05) is 19.8 Å². The number of hydrogen-bond donors (Lipinski definition) is 0. The lowest BCUT2D eigenvalue weighted by Gasteiger charge is -2.33. The molecule has 4 rings (SSSR count). The van der Waals surface area contributed by atoms with E-state index >= 15 is 0 Å². The summed E-state index contributed by atoms with van der Waals surface area (Å²) < 4.78 is 11.0. The predicted molar refractivity (Wildman–Crippen MR) is 84.2 cm³/mol. The third-order valence-corrected chi connectivity index (χ3v) is 5.61. The minimum Gasteiger partial charge on any atom is -0.423 e. The summed E-state index contributed by atoms with van der Waals surface area (Å²) in [6, 6.07) is 4.01. The summed E-state index contributed by atoms with van der Waals surface area (Å²) in [6.07, 6.45) is 0.936. The van der Waals surface area contributed by atoms with Crippen molar-refractivity contribution in [3.05, 3.63) is 33.7 Å². The molecule has 0 spiro atoms. The molecular formula is C16H19N3O3S. The quantitative estimate of drug-likeness (QED) is 0.863. The lowest BCUT2D eigenvalue weighted by Crippen LogP contribution is -2.44. The van der Waals surface area contributed by atoms with Crippen LogP contribution in [-0.2, 0) is 9.53 Å². The molecule has 1 saturated heterocycles. The molecule has 0 bridgehead atoms. The highest BCUT2D eigenvalue weighted by Crippen LogP contribution is 2.51. The summed E-state index contributed by atoms with van der Waals surface area (Å²) in [7, 11) is 0. The lowest BCUT2D eigenvalue weighted by atomic mass is 10.1. The Morgan fingerprint density at radius 2 is 2.22 bits per heavy atom. The zero-order valence-corrected chi connectivity index (χ0v) is 14.0. The van der Waals surface area contributed by atoms with Crippen LogP contribution >= 0.6 is 11.3 Å². The summed E-state index contributed by atoms with van der Waals surface area (Å²) in [5, 5.41) is 7.95. The molecule has 6 nitrogen and oxygen atoms in total. The van der Waals surface area contributed by atoms with E-state index in [1.807, 2.05) is 4.90 Å². The van der Waals surface area contributed by atoms with E-state index in [0.717, 1.165) is 6.42 Å². The molecule has 1 aliphatic heterocycles.